The Balaban J connectivity index is 1.84. The van der Waals surface area contributed by atoms with Gasteiger partial charge in [0.1, 0.15) is 5.75 Å². The van der Waals surface area contributed by atoms with Crippen molar-refractivity contribution >= 4 is 24.5 Å². The van der Waals surface area contributed by atoms with Crippen molar-refractivity contribution in [2.24, 2.45) is 5.10 Å². The smallest absolute Gasteiger partial charge is 0.216 e. The van der Waals surface area contributed by atoms with Gasteiger partial charge in [0, 0.05) is 29.7 Å². The molecule has 6 nitrogen and oxygen atoms in total. The van der Waals surface area contributed by atoms with Gasteiger partial charge in [-0.2, -0.15) is 14.9 Å². The van der Waals surface area contributed by atoms with E-state index in [2.05, 4.69) is 20.3 Å². The molecule has 0 saturated carbocycles. The minimum absolute atomic E-state index is 0.420. The zero-order valence-electron chi connectivity index (χ0n) is 13.0. The minimum atomic E-state index is 0.420. The zero-order chi connectivity index (χ0) is 16.8. The van der Waals surface area contributed by atoms with Crippen LogP contribution in [0.25, 0.3) is 17.5 Å². The second-order valence-corrected chi connectivity index (χ2v) is 5.15. The molecule has 0 aliphatic rings. The van der Waals surface area contributed by atoms with Crippen molar-refractivity contribution in [3.63, 3.8) is 0 Å². The molecule has 3 rings (SSSR count). The standard InChI is InChI=1S/C17H15N5OS/c1-23-15-7-3-2-5-13(15)6-4-10-19-22-16(20-21-17(22)24)14-8-11-18-12-9-14/h2-12H,1H3,(H,21,24). The molecule has 2 heterocycles. The maximum Gasteiger partial charge on any atom is 0.216 e. The number of methoxy groups -OCH3 is 1. The highest BCUT2D eigenvalue weighted by atomic mass is 32.1. The first-order valence-corrected chi connectivity index (χ1v) is 7.62. The largest absolute Gasteiger partial charge is 0.496 e. The van der Waals surface area contributed by atoms with E-state index in [0.717, 1.165) is 16.9 Å². The highest BCUT2D eigenvalue weighted by Gasteiger charge is 2.06. The van der Waals surface area contributed by atoms with E-state index >= 15 is 0 Å². The molecule has 0 aliphatic heterocycles. The summed E-state index contributed by atoms with van der Waals surface area (Å²) in [6.45, 7) is 0. The maximum atomic E-state index is 5.31. The number of ether oxygens (including phenoxy) is 1. The van der Waals surface area contributed by atoms with E-state index in [4.69, 9.17) is 17.0 Å². The van der Waals surface area contributed by atoms with E-state index in [1.807, 2.05) is 48.6 Å². The third-order valence-corrected chi connectivity index (χ3v) is 3.54. The summed E-state index contributed by atoms with van der Waals surface area (Å²) in [5, 5.41) is 11.3. The molecule has 3 aromatic rings. The zero-order valence-corrected chi connectivity index (χ0v) is 13.8. The van der Waals surface area contributed by atoms with Gasteiger partial charge in [0.2, 0.25) is 4.77 Å². The number of pyridine rings is 1. The van der Waals surface area contributed by atoms with E-state index in [1.54, 1.807) is 30.4 Å². The van der Waals surface area contributed by atoms with Gasteiger partial charge in [-0.05, 0) is 42.6 Å². The number of aromatic nitrogens is 4. The van der Waals surface area contributed by atoms with Gasteiger partial charge < -0.3 is 4.74 Å². The summed E-state index contributed by atoms with van der Waals surface area (Å²) in [5.74, 6) is 1.43. The fourth-order valence-corrected chi connectivity index (χ4v) is 2.32. The van der Waals surface area contributed by atoms with E-state index < -0.39 is 0 Å². The number of allylic oxidation sites excluding steroid dienone is 1. The molecule has 0 spiro atoms. The fraction of sp³-hybridized carbons (Fsp3) is 0.0588. The van der Waals surface area contributed by atoms with Crippen molar-refractivity contribution in [3.05, 3.63) is 65.2 Å². The van der Waals surface area contributed by atoms with E-state index in [0.29, 0.717) is 10.6 Å². The van der Waals surface area contributed by atoms with Crippen LogP contribution in [-0.4, -0.2) is 33.2 Å². The number of hydrogen-bond donors (Lipinski definition) is 1. The van der Waals surface area contributed by atoms with Crippen molar-refractivity contribution in [2.75, 3.05) is 7.11 Å². The molecule has 1 N–H and O–H groups in total. The summed E-state index contributed by atoms with van der Waals surface area (Å²) in [5.41, 5.74) is 1.85. The lowest BCUT2D eigenvalue weighted by Gasteiger charge is -2.02. The molecular formula is C17H15N5OS. The van der Waals surface area contributed by atoms with Gasteiger partial charge in [-0.15, -0.1) is 0 Å². The number of nitrogens with one attached hydrogen (secondary N) is 1. The third-order valence-electron chi connectivity index (χ3n) is 3.27. The predicted octanol–water partition coefficient (Wildman–Crippen LogP) is 3.56. The molecule has 0 radical (unpaired) electrons. The van der Waals surface area contributed by atoms with Crippen LogP contribution >= 0.6 is 12.2 Å². The van der Waals surface area contributed by atoms with Crippen LogP contribution in [0, 0.1) is 4.77 Å². The van der Waals surface area contributed by atoms with Gasteiger partial charge in [-0.25, -0.2) is 5.10 Å². The summed E-state index contributed by atoms with van der Waals surface area (Å²) in [6, 6.07) is 11.5. The Morgan fingerprint density at radius 3 is 2.79 bits per heavy atom. The minimum Gasteiger partial charge on any atom is -0.496 e. The van der Waals surface area contributed by atoms with Gasteiger partial charge in [0.15, 0.2) is 5.82 Å². The Morgan fingerprint density at radius 2 is 2.00 bits per heavy atom. The fourth-order valence-electron chi connectivity index (χ4n) is 2.14. The Morgan fingerprint density at radius 1 is 1.21 bits per heavy atom. The molecule has 1 aromatic carbocycles. The van der Waals surface area contributed by atoms with Crippen molar-refractivity contribution in [2.45, 2.75) is 0 Å². The Labute approximate surface area is 144 Å². The Kier molecular flexibility index (Phi) is 4.93. The summed E-state index contributed by atoms with van der Waals surface area (Å²) in [7, 11) is 1.65. The first-order valence-electron chi connectivity index (χ1n) is 7.21. The van der Waals surface area contributed by atoms with Crippen LogP contribution in [0.15, 0.2) is 60.0 Å². The first kappa shape index (κ1) is 15.8. The summed E-state index contributed by atoms with van der Waals surface area (Å²) in [4.78, 5) is 4.00. The van der Waals surface area contributed by atoms with Crippen LogP contribution < -0.4 is 4.74 Å². The molecule has 0 aliphatic carbocycles. The van der Waals surface area contributed by atoms with Crippen LogP contribution in [0.4, 0.5) is 0 Å². The average molecular weight is 337 g/mol. The Hall–Kier alpha value is -3.06. The lowest BCUT2D eigenvalue weighted by atomic mass is 10.2. The lowest BCUT2D eigenvalue weighted by molar-refractivity contribution is 0.414. The maximum absolute atomic E-state index is 5.31. The van der Waals surface area contributed by atoms with E-state index in [9.17, 15) is 0 Å². The third kappa shape index (κ3) is 3.47. The van der Waals surface area contributed by atoms with Crippen molar-refractivity contribution in [1.82, 2.24) is 19.9 Å². The number of aromatic amines is 1. The SMILES string of the molecule is COc1ccccc1C=CC=Nn1c(-c2ccncc2)n[nH]c1=S. The molecule has 0 unspecified atom stereocenters. The van der Waals surface area contributed by atoms with Crippen LogP contribution in [-0.2, 0) is 0 Å². The predicted molar refractivity (Wildman–Crippen MR) is 96.6 cm³/mol. The number of hydrogen-bond acceptors (Lipinski definition) is 5. The second-order valence-electron chi connectivity index (χ2n) is 4.77. The number of H-pyrrole nitrogens is 1. The van der Waals surface area contributed by atoms with Gasteiger partial charge in [0.25, 0.3) is 0 Å². The Bertz CT molecular complexity index is 927. The van der Waals surface area contributed by atoms with Crippen molar-refractivity contribution in [1.29, 1.82) is 0 Å². The molecule has 120 valence electrons. The molecule has 7 heteroatoms. The molecule has 0 fully saturated rings. The van der Waals surface area contributed by atoms with E-state index in [1.165, 1.54) is 0 Å². The molecule has 2 aromatic heterocycles. The monoisotopic (exact) mass is 337 g/mol. The normalized spacial score (nSPS) is 11.4. The van der Waals surface area contributed by atoms with Gasteiger partial charge >= 0.3 is 0 Å². The molecular weight excluding hydrogens is 322 g/mol. The lowest BCUT2D eigenvalue weighted by Crippen LogP contribution is -1.93. The van der Waals surface area contributed by atoms with Crippen LogP contribution in [0.3, 0.4) is 0 Å². The molecule has 24 heavy (non-hydrogen) atoms. The number of nitrogens with zero attached hydrogens (tertiary/aromatic N) is 4. The first-order chi connectivity index (χ1) is 11.8. The average Bonchev–Trinajstić information content (AvgIpc) is 3.00. The molecule has 0 saturated heterocycles. The summed E-state index contributed by atoms with van der Waals surface area (Å²) in [6.07, 6.45) is 8.79. The van der Waals surface area contributed by atoms with Gasteiger partial charge in [0.05, 0.1) is 7.11 Å². The highest BCUT2D eigenvalue weighted by Crippen LogP contribution is 2.18. The number of benzene rings is 1. The number of para-hydroxylation sites is 1. The van der Waals surface area contributed by atoms with Gasteiger partial charge in [-0.1, -0.05) is 18.2 Å². The van der Waals surface area contributed by atoms with Gasteiger partial charge in [-0.3, -0.25) is 4.98 Å². The van der Waals surface area contributed by atoms with Crippen LogP contribution in [0.2, 0.25) is 0 Å². The second kappa shape index (κ2) is 7.47. The van der Waals surface area contributed by atoms with E-state index in [-0.39, 0.29) is 0 Å². The highest BCUT2D eigenvalue weighted by molar-refractivity contribution is 7.71. The summed E-state index contributed by atoms with van der Waals surface area (Å²) >= 11 is 5.23. The van der Waals surface area contributed by atoms with Crippen molar-refractivity contribution in [3.8, 4) is 17.1 Å². The molecule has 0 amide bonds. The van der Waals surface area contributed by atoms with Crippen molar-refractivity contribution < 1.29 is 4.74 Å². The molecule has 0 bridgehead atoms. The molecule has 0 atom stereocenters. The van der Waals surface area contributed by atoms with Crippen LogP contribution in [0.5, 0.6) is 5.75 Å². The van der Waals surface area contributed by atoms with Crippen LogP contribution in [0.1, 0.15) is 5.56 Å². The quantitative estimate of drug-likeness (QED) is 0.571. The topological polar surface area (TPSA) is 68.1 Å². The number of rotatable bonds is 5. The summed E-state index contributed by atoms with van der Waals surface area (Å²) < 4.78 is 7.29.